The van der Waals surface area contributed by atoms with Crippen molar-refractivity contribution < 1.29 is 23.8 Å². The van der Waals surface area contributed by atoms with E-state index in [0.717, 1.165) is 0 Å². The molecular formula is C11H21NO5. The summed E-state index contributed by atoms with van der Waals surface area (Å²) in [5.41, 5.74) is 0. The Bertz CT molecular complexity index is 259. The van der Waals surface area contributed by atoms with Crippen molar-refractivity contribution in [1.29, 1.82) is 0 Å². The summed E-state index contributed by atoms with van der Waals surface area (Å²) in [5.74, 6) is -3.16. The van der Waals surface area contributed by atoms with Crippen molar-refractivity contribution >= 4 is 11.9 Å². The summed E-state index contributed by atoms with van der Waals surface area (Å²) in [6, 6.07) is 0. The van der Waals surface area contributed by atoms with Gasteiger partial charge in [0.15, 0.2) is 0 Å². The van der Waals surface area contributed by atoms with Crippen molar-refractivity contribution in [3.05, 3.63) is 0 Å². The predicted octanol–water partition coefficient (Wildman–Crippen LogP) is 0.658. The lowest BCUT2D eigenvalue weighted by atomic mass is 10.0. The molecule has 17 heavy (non-hydrogen) atoms. The molecule has 0 radical (unpaired) electrons. The number of methoxy groups -OCH3 is 3. The van der Waals surface area contributed by atoms with Gasteiger partial charge in [0.1, 0.15) is 0 Å². The summed E-state index contributed by atoms with van der Waals surface area (Å²) in [4.78, 5) is 23.4. The zero-order valence-corrected chi connectivity index (χ0v) is 11.0. The maximum Gasteiger partial charge on any atom is 0.390 e. The van der Waals surface area contributed by atoms with Crippen molar-refractivity contribution in [2.45, 2.75) is 32.6 Å². The van der Waals surface area contributed by atoms with E-state index in [2.05, 4.69) is 10.1 Å². The van der Waals surface area contributed by atoms with Crippen LogP contribution in [0.2, 0.25) is 0 Å². The van der Waals surface area contributed by atoms with Crippen LogP contribution in [0.25, 0.3) is 0 Å². The summed E-state index contributed by atoms with van der Waals surface area (Å²) in [6.45, 7) is 3.79. The van der Waals surface area contributed by atoms with Crippen LogP contribution in [0, 0.1) is 5.92 Å². The largest absolute Gasteiger partial charge is 0.463 e. The highest BCUT2D eigenvalue weighted by Gasteiger charge is 2.43. The molecule has 0 bridgehead atoms. The van der Waals surface area contributed by atoms with Crippen LogP contribution >= 0.6 is 0 Å². The molecule has 0 unspecified atom stereocenters. The Morgan fingerprint density at radius 3 is 1.88 bits per heavy atom. The van der Waals surface area contributed by atoms with Gasteiger partial charge in [-0.3, -0.25) is 10.1 Å². The number of nitrogens with one attached hydrogen (secondary N) is 1. The Balaban J connectivity index is 4.87. The molecule has 0 heterocycles. The normalized spacial score (nSPS) is 11.4. The molecule has 0 spiro atoms. The highest BCUT2D eigenvalue weighted by molar-refractivity contribution is 5.86. The minimum absolute atomic E-state index is 0.190. The molecule has 0 fully saturated rings. The molecule has 0 atom stereocenters. The molecule has 0 aromatic rings. The van der Waals surface area contributed by atoms with Gasteiger partial charge in [0.05, 0.1) is 7.11 Å². The third-order valence-corrected chi connectivity index (χ3v) is 2.67. The van der Waals surface area contributed by atoms with Crippen molar-refractivity contribution in [3.63, 3.8) is 0 Å². The molecule has 0 saturated heterocycles. The molecule has 0 aliphatic carbocycles. The number of amides is 1. The SMILES string of the molecule is CCC(CC)C(=O)NC(OC)(OC)C(=O)OC. The van der Waals surface area contributed by atoms with E-state index in [-0.39, 0.29) is 11.8 Å². The van der Waals surface area contributed by atoms with Gasteiger partial charge in [0, 0.05) is 20.1 Å². The molecule has 1 N–H and O–H groups in total. The van der Waals surface area contributed by atoms with Gasteiger partial charge in [-0.1, -0.05) is 13.8 Å². The van der Waals surface area contributed by atoms with Gasteiger partial charge in [0.2, 0.25) is 5.91 Å². The highest BCUT2D eigenvalue weighted by Crippen LogP contribution is 2.14. The third kappa shape index (κ3) is 3.67. The molecule has 0 rings (SSSR count). The van der Waals surface area contributed by atoms with E-state index in [4.69, 9.17) is 9.47 Å². The number of hydrogen-bond donors (Lipinski definition) is 1. The second kappa shape index (κ2) is 7.24. The van der Waals surface area contributed by atoms with E-state index in [1.807, 2.05) is 13.8 Å². The standard InChI is InChI=1S/C11H21NO5/c1-6-8(7-2)9(13)12-11(16-4,17-5)10(14)15-3/h8H,6-7H2,1-5H3,(H,12,13). The fourth-order valence-corrected chi connectivity index (χ4v) is 1.46. The highest BCUT2D eigenvalue weighted by atomic mass is 16.7. The number of hydrogen-bond acceptors (Lipinski definition) is 5. The molecule has 0 saturated carbocycles. The molecule has 100 valence electrons. The second-order valence-corrected chi connectivity index (χ2v) is 3.52. The van der Waals surface area contributed by atoms with Crippen LogP contribution in [-0.2, 0) is 23.8 Å². The molecule has 0 aromatic heterocycles. The zero-order chi connectivity index (χ0) is 13.5. The van der Waals surface area contributed by atoms with Crippen LogP contribution in [0.3, 0.4) is 0 Å². The summed E-state index contributed by atoms with van der Waals surface area (Å²) >= 11 is 0. The quantitative estimate of drug-likeness (QED) is 0.528. The van der Waals surface area contributed by atoms with Crippen LogP contribution < -0.4 is 5.32 Å². The summed E-state index contributed by atoms with van der Waals surface area (Å²) in [6.07, 6.45) is 1.35. The Labute approximate surface area is 102 Å². The van der Waals surface area contributed by atoms with E-state index in [0.29, 0.717) is 12.8 Å². The molecule has 1 amide bonds. The molecule has 6 nitrogen and oxygen atoms in total. The first kappa shape index (κ1) is 15.9. The average Bonchev–Trinajstić information content (AvgIpc) is 2.36. The first-order chi connectivity index (χ1) is 8.01. The van der Waals surface area contributed by atoms with Crippen LogP contribution in [0.1, 0.15) is 26.7 Å². The monoisotopic (exact) mass is 247 g/mol. The predicted molar refractivity (Wildman–Crippen MR) is 61.0 cm³/mol. The van der Waals surface area contributed by atoms with E-state index in [1.165, 1.54) is 21.3 Å². The maximum absolute atomic E-state index is 11.9. The van der Waals surface area contributed by atoms with E-state index in [1.54, 1.807) is 0 Å². The number of esters is 1. The van der Waals surface area contributed by atoms with Crippen molar-refractivity contribution in [3.8, 4) is 0 Å². The van der Waals surface area contributed by atoms with Gasteiger partial charge in [-0.05, 0) is 12.8 Å². The van der Waals surface area contributed by atoms with Crippen LogP contribution in [0.15, 0.2) is 0 Å². The Morgan fingerprint density at radius 1 is 1.12 bits per heavy atom. The Morgan fingerprint density at radius 2 is 1.59 bits per heavy atom. The van der Waals surface area contributed by atoms with Crippen LogP contribution in [0.5, 0.6) is 0 Å². The van der Waals surface area contributed by atoms with Gasteiger partial charge in [-0.15, -0.1) is 0 Å². The van der Waals surface area contributed by atoms with Gasteiger partial charge in [-0.2, -0.15) is 0 Å². The van der Waals surface area contributed by atoms with Crippen LogP contribution in [-0.4, -0.2) is 39.1 Å². The average molecular weight is 247 g/mol. The first-order valence-corrected chi connectivity index (χ1v) is 5.51. The van der Waals surface area contributed by atoms with Crippen LogP contribution in [0.4, 0.5) is 0 Å². The summed E-state index contributed by atoms with van der Waals surface area (Å²) < 4.78 is 14.4. The van der Waals surface area contributed by atoms with Crippen molar-refractivity contribution in [2.75, 3.05) is 21.3 Å². The maximum atomic E-state index is 11.9. The Hall–Kier alpha value is -1.14. The van der Waals surface area contributed by atoms with Gasteiger partial charge < -0.3 is 14.2 Å². The zero-order valence-electron chi connectivity index (χ0n) is 11.0. The minimum atomic E-state index is -1.87. The van der Waals surface area contributed by atoms with E-state index < -0.39 is 11.9 Å². The molecule has 0 aliphatic rings. The number of carbonyl (C=O) groups is 2. The first-order valence-electron chi connectivity index (χ1n) is 5.51. The fourth-order valence-electron chi connectivity index (χ4n) is 1.46. The summed E-state index contributed by atoms with van der Waals surface area (Å²) in [7, 11) is 3.71. The lowest BCUT2D eigenvalue weighted by Crippen LogP contribution is -2.59. The smallest absolute Gasteiger partial charge is 0.390 e. The molecule has 0 aliphatic heterocycles. The fraction of sp³-hybridized carbons (Fsp3) is 0.818. The third-order valence-electron chi connectivity index (χ3n) is 2.67. The number of ether oxygens (including phenoxy) is 3. The van der Waals surface area contributed by atoms with Gasteiger partial charge in [-0.25, -0.2) is 4.79 Å². The van der Waals surface area contributed by atoms with E-state index >= 15 is 0 Å². The molecule has 0 aromatic carbocycles. The summed E-state index contributed by atoms with van der Waals surface area (Å²) in [5, 5.41) is 2.42. The van der Waals surface area contributed by atoms with Gasteiger partial charge >= 0.3 is 11.9 Å². The molecular weight excluding hydrogens is 226 g/mol. The van der Waals surface area contributed by atoms with Crippen molar-refractivity contribution in [1.82, 2.24) is 5.32 Å². The van der Waals surface area contributed by atoms with Crippen molar-refractivity contribution in [2.24, 2.45) is 5.92 Å². The topological polar surface area (TPSA) is 73.9 Å². The van der Waals surface area contributed by atoms with Gasteiger partial charge in [0.25, 0.3) is 0 Å². The molecule has 6 heteroatoms. The lowest BCUT2D eigenvalue weighted by Gasteiger charge is -2.29. The second-order valence-electron chi connectivity index (χ2n) is 3.52. The number of rotatable bonds is 7. The van der Waals surface area contributed by atoms with E-state index in [9.17, 15) is 9.59 Å². The Kier molecular flexibility index (Phi) is 6.75. The minimum Gasteiger partial charge on any atom is -0.463 e. The lowest BCUT2D eigenvalue weighted by molar-refractivity contribution is -0.240. The number of carbonyl (C=O) groups excluding carboxylic acids is 2.